The fourth-order valence-electron chi connectivity index (χ4n) is 12.5. The van der Waals surface area contributed by atoms with Gasteiger partial charge in [0.15, 0.2) is 0 Å². The second kappa shape index (κ2) is 16.8. The van der Waals surface area contributed by atoms with Gasteiger partial charge >= 0.3 is 0 Å². The molecule has 0 unspecified atom stereocenters. The number of hydrogen-bond acceptors (Lipinski definition) is 0. The van der Waals surface area contributed by atoms with Crippen molar-refractivity contribution in [2.45, 2.75) is 0 Å². The van der Waals surface area contributed by atoms with Crippen LogP contribution in [0.15, 0.2) is 0 Å². The highest BCUT2D eigenvalue weighted by Gasteiger charge is 2.31. The second-order valence-corrected chi connectivity index (χ2v) is 20.8. The second-order valence-electron chi connectivity index (χ2n) is 20.8. The minimum atomic E-state index is 1.39. The number of rotatable bonds is 4. The van der Waals surface area contributed by atoms with E-state index in [1.165, 1.54) is 208 Å². The van der Waals surface area contributed by atoms with Gasteiger partial charge in [0.05, 0.1) is 0 Å². The third-order valence-electron chi connectivity index (χ3n) is 18.6. The molecule has 0 saturated carbocycles. The summed E-state index contributed by atoms with van der Waals surface area (Å²) < 4.78 is 0. The van der Waals surface area contributed by atoms with E-state index >= 15 is 0 Å². The van der Waals surface area contributed by atoms with E-state index < -0.39 is 0 Å². The van der Waals surface area contributed by atoms with Gasteiger partial charge in [0.1, 0.15) is 204 Å². The van der Waals surface area contributed by atoms with E-state index in [9.17, 15) is 0 Å². The van der Waals surface area contributed by atoms with Gasteiger partial charge < -0.3 is 0 Å². The minimum absolute atomic E-state index is 1.39. The molecule has 0 nitrogen and oxygen atoms in total. The predicted octanol–water partition coefficient (Wildman–Crippen LogP) is -34.6. The first-order chi connectivity index (χ1) is 29.7. The first-order valence-electron chi connectivity index (χ1n) is 24.0. The standard InChI is InChI=1S/C38H52B26/c39-13-7(22(48)28(54)23(49)9(13)10-24(50)33(59)37(63)34(60)25(10)51)1-3-5(16(42)31(57)29(55)14(3)40)2(6-4(1)15(41)30(56)32(58)17(6)43)8-18(44)20(46)11(21(47)19(8)45)12-26(52)35(61)38(64)36(62)27(12)53/h39-64H2. The van der Waals surface area contributed by atoms with Crippen molar-refractivity contribution in [2.75, 3.05) is 0 Å². The van der Waals surface area contributed by atoms with E-state index in [1.54, 1.807) is 0 Å². The third kappa shape index (κ3) is 6.57. The molecular formula is C38H52B26. The summed E-state index contributed by atoms with van der Waals surface area (Å²) in [5, 5.41) is 5.70. The molecule has 0 radical (unpaired) electrons. The summed E-state index contributed by atoms with van der Waals surface area (Å²) in [6, 6.07) is 0. The Hall–Kier alpha value is -3.25. The van der Waals surface area contributed by atoms with Crippen molar-refractivity contribution in [3.05, 3.63) is 0 Å². The Bertz CT molecular complexity index is 3170. The fourth-order valence-corrected chi connectivity index (χ4v) is 12.5. The van der Waals surface area contributed by atoms with Crippen LogP contribution in [0.2, 0.25) is 0 Å². The molecule has 0 heterocycles. The molecule has 64 heavy (non-hydrogen) atoms. The maximum absolute atomic E-state index is 2.45. The highest BCUT2D eigenvalue weighted by Crippen LogP contribution is 2.39. The average Bonchev–Trinajstić information content (AvgIpc) is 3.26. The predicted molar refractivity (Wildman–Crippen MR) is 376 cm³/mol. The average molecular weight is 790 g/mol. The highest BCUT2D eigenvalue weighted by atomic mass is 14.3. The molecule has 7 aromatic carbocycles. The van der Waals surface area contributed by atoms with Crippen LogP contribution in [-0.2, 0) is 0 Å². The van der Waals surface area contributed by atoms with Crippen LogP contribution in [0.1, 0.15) is 0 Å². The van der Waals surface area contributed by atoms with Gasteiger partial charge in [0.25, 0.3) is 0 Å². The smallest absolute Gasteiger partial charge is 0.102 e. The van der Waals surface area contributed by atoms with Crippen molar-refractivity contribution in [3.8, 4) is 44.5 Å². The molecular weight excluding hydrogens is 738 g/mol. The molecule has 0 spiro atoms. The molecule has 7 rings (SSSR count). The van der Waals surface area contributed by atoms with Crippen LogP contribution >= 0.6 is 0 Å². The Morgan fingerprint density at radius 1 is 0.0938 bits per heavy atom. The first-order valence-corrected chi connectivity index (χ1v) is 24.0. The molecule has 0 aromatic heterocycles. The molecule has 0 aliphatic heterocycles. The van der Waals surface area contributed by atoms with E-state index in [4.69, 9.17) is 0 Å². The van der Waals surface area contributed by atoms with Gasteiger partial charge in [-0.05, 0) is 66.1 Å². The van der Waals surface area contributed by atoms with Gasteiger partial charge in [0.2, 0.25) is 0 Å². The molecule has 0 atom stereocenters. The summed E-state index contributed by atoms with van der Waals surface area (Å²) in [7, 11) is 61.8. The Kier molecular flexibility index (Phi) is 12.8. The van der Waals surface area contributed by atoms with E-state index in [0.29, 0.717) is 0 Å². The maximum Gasteiger partial charge on any atom is 0.140 e. The van der Waals surface area contributed by atoms with Crippen molar-refractivity contribution in [3.63, 3.8) is 0 Å². The van der Waals surface area contributed by atoms with Crippen molar-refractivity contribution >= 4 is 368 Å². The van der Waals surface area contributed by atoms with Crippen LogP contribution in [0.25, 0.3) is 66.1 Å². The molecule has 26 heteroatoms. The lowest BCUT2D eigenvalue weighted by Crippen LogP contribution is -2.57. The molecule has 282 valence electrons. The van der Waals surface area contributed by atoms with Gasteiger partial charge in [-0.15, -0.1) is 60.1 Å². The molecule has 0 bridgehead atoms. The monoisotopic (exact) mass is 795 g/mol. The Morgan fingerprint density at radius 3 is 0.422 bits per heavy atom. The van der Waals surface area contributed by atoms with Gasteiger partial charge in [-0.2, -0.15) is 0 Å². The summed E-state index contributed by atoms with van der Waals surface area (Å²) in [6.45, 7) is 0. The summed E-state index contributed by atoms with van der Waals surface area (Å²) in [6.07, 6.45) is 0. The molecule has 0 N–H and O–H groups in total. The van der Waals surface area contributed by atoms with Crippen LogP contribution in [0.5, 0.6) is 0 Å². The zero-order valence-corrected chi connectivity index (χ0v) is 45.0. The zero-order chi connectivity index (χ0) is 47.9. The summed E-state index contributed by atoms with van der Waals surface area (Å²) in [5.41, 5.74) is 47.9. The SMILES string of the molecule is Bc1c(B)c(B)c(-c2c(B)c(B)c(-c3c4c(B)c(B)c(B)c(B)c4c(-c4c(B)c(B)c(B)c(-c5c(B)c(B)c(B)c(B)c5B)c4B)c4c(B)c(B)c(B)c(B)c34)c(B)c2B)c(B)c1B. The molecule has 7 aromatic rings. The van der Waals surface area contributed by atoms with Crippen LogP contribution in [0.4, 0.5) is 0 Å². The molecule has 0 fully saturated rings. The van der Waals surface area contributed by atoms with Gasteiger partial charge in [-0.25, -0.2) is 0 Å². The van der Waals surface area contributed by atoms with Crippen LogP contribution in [-0.4, -0.2) is 204 Å². The van der Waals surface area contributed by atoms with Gasteiger partial charge in [0, 0.05) is 0 Å². The third-order valence-corrected chi connectivity index (χ3v) is 18.6. The van der Waals surface area contributed by atoms with Crippen molar-refractivity contribution < 1.29 is 0 Å². The number of benzene rings is 7. The van der Waals surface area contributed by atoms with Gasteiger partial charge in [-0.1, -0.05) is 81.9 Å². The van der Waals surface area contributed by atoms with Crippen LogP contribution < -0.4 is 142 Å². The lowest BCUT2D eigenvalue weighted by molar-refractivity contribution is 1.81. The Labute approximate surface area is 409 Å². The number of hydrogen-bond donors (Lipinski definition) is 0. The fraction of sp³-hybridized carbons (Fsp3) is 0. The van der Waals surface area contributed by atoms with Crippen LogP contribution in [0, 0.1) is 0 Å². The van der Waals surface area contributed by atoms with Crippen LogP contribution in [0.3, 0.4) is 0 Å². The normalized spacial score (nSPS) is 11.5. The van der Waals surface area contributed by atoms with E-state index in [1.807, 2.05) is 0 Å². The summed E-state index contributed by atoms with van der Waals surface area (Å²) in [4.78, 5) is 0. The molecule has 0 saturated heterocycles. The van der Waals surface area contributed by atoms with E-state index in [2.05, 4.69) is 204 Å². The van der Waals surface area contributed by atoms with Gasteiger partial charge in [-0.3, -0.25) is 0 Å². The largest absolute Gasteiger partial charge is 0.140 e. The maximum atomic E-state index is 2.45. The summed E-state index contributed by atoms with van der Waals surface area (Å²) in [5.74, 6) is 0. The lowest BCUT2D eigenvalue weighted by Gasteiger charge is -2.33. The molecule has 0 amide bonds. The topological polar surface area (TPSA) is 0 Å². The van der Waals surface area contributed by atoms with Crippen molar-refractivity contribution in [1.29, 1.82) is 0 Å². The lowest BCUT2D eigenvalue weighted by atomic mass is 9.54. The van der Waals surface area contributed by atoms with Crippen molar-refractivity contribution in [2.24, 2.45) is 0 Å². The Morgan fingerprint density at radius 2 is 0.203 bits per heavy atom. The van der Waals surface area contributed by atoms with E-state index in [0.717, 1.165) is 0 Å². The quantitative estimate of drug-likeness (QED) is 0.123. The Balaban J connectivity index is 1.83. The number of fused-ring (bicyclic) bond motifs is 2. The van der Waals surface area contributed by atoms with E-state index in [-0.39, 0.29) is 0 Å². The summed E-state index contributed by atoms with van der Waals surface area (Å²) >= 11 is 0. The van der Waals surface area contributed by atoms with Crippen molar-refractivity contribution in [1.82, 2.24) is 0 Å². The zero-order valence-electron chi connectivity index (χ0n) is 45.0. The first kappa shape index (κ1) is 48.7. The molecule has 0 aliphatic rings. The highest BCUT2D eigenvalue weighted by molar-refractivity contribution is 6.76. The molecule has 0 aliphatic carbocycles. The minimum Gasteiger partial charge on any atom is -0.102 e.